The van der Waals surface area contributed by atoms with Crippen LogP contribution >= 0.6 is 22.6 Å². The molecule has 0 aliphatic carbocycles. The van der Waals surface area contributed by atoms with Crippen molar-refractivity contribution in [3.05, 3.63) is 46.2 Å². The molecule has 1 aromatic heterocycles. The lowest BCUT2D eigenvalue weighted by Gasteiger charge is -2.20. The van der Waals surface area contributed by atoms with E-state index in [2.05, 4.69) is 22.6 Å². The van der Waals surface area contributed by atoms with Gasteiger partial charge in [0.2, 0.25) is 0 Å². The Bertz CT molecular complexity index is 582. The van der Waals surface area contributed by atoms with E-state index in [0.29, 0.717) is 0 Å². The number of carbonyl (C=O) groups excluding carboxylic acids is 1. The summed E-state index contributed by atoms with van der Waals surface area (Å²) in [5, 5.41) is 0. The second-order valence-corrected chi connectivity index (χ2v) is 6.51. The highest BCUT2D eigenvalue weighted by Crippen LogP contribution is 2.24. The number of rotatable bonds is 1. The normalized spacial score (nSPS) is 11.4. The number of aromatic nitrogens is 1. The minimum Gasteiger partial charge on any atom is -0.443 e. The molecule has 0 atom stereocenters. The fraction of sp³-hybridized carbons (Fsp3) is 0.267. The quantitative estimate of drug-likeness (QED) is 0.691. The fourth-order valence-corrected chi connectivity index (χ4v) is 2.30. The van der Waals surface area contributed by atoms with Crippen LogP contribution in [-0.2, 0) is 4.74 Å². The van der Waals surface area contributed by atoms with Gasteiger partial charge in [-0.1, -0.05) is 30.3 Å². The van der Waals surface area contributed by atoms with Crippen molar-refractivity contribution in [2.45, 2.75) is 26.4 Å². The number of carbonyl (C=O) groups is 1. The Morgan fingerprint density at radius 2 is 1.84 bits per heavy atom. The van der Waals surface area contributed by atoms with E-state index in [-0.39, 0.29) is 6.09 Å². The molecule has 0 radical (unpaired) electrons. The van der Waals surface area contributed by atoms with Gasteiger partial charge in [0.15, 0.2) is 0 Å². The first-order valence-corrected chi connectivity index (χ1v) is 7.11. The Morgan fingerprint density at radius 1 is 1.21 bits per heavy atom. The van der Waals surface area contributed by atoms with Gasteiger partial charge in [-0.2, -0.15) is 0 Å². The summed E-state index contributed by atoms with van der Waals surface area (Å²) < 4.78 is 7.98. The van der Waals surface area contributed by atoms with Gasteiger partial charge in [-0.3, -0.25) is 4.57 Å². The molecule has 0 saturated heterocycles. The largest absolute Gasteiger partial charge is 0.443 e. The highest BCUT2D eigenvalue weighted by atomic mass is 127. The Labute approximate surface area is 126 Å². The molecule has 100 valence electrons. The van der Waals surface area contributed by atoms with Crippen molar-refractivity contribution in [1.82, 2.24) is 4.57 Å². The molecule has 2 aromatic rings. The van der Waals surface area contributed by atoms with E-state index in [1.165, 1.54) is 0 Å². The van der Waals surface area contributed by atoms with Crippen LogP contribution in [0.2, 0.25) is 0 Å². The predicted molar refractivity (Wildman–Crippen MR) is 84.2 cm³/mol. The highest BCUT2D eigenvalue weighted by Gasteiger charge is 2.20. The third-order valence-corrected chi connectivity index (χ3v) is 3.04. The van der Waals surface area contributed by atoms with Crippen LogP contribution in [0.1, 0.15) is 20.8 Å². The van der Waals surface area contributed by atoms with Crippen LogP contribution < -0.4 is 0 Å². The van der Waals surface area contributed by atoms with Gasteiger partial charge in [0.25, 0.3) is 0 Å². The van der Waals surface area contributed by atoms with Crippen LogP contribution in [0.4, 0.5) is 4.79 Å². The minimum absolute atomic E-state index is 0.353. The molecule has 2 rings (SSSR count). The number of ether oxygens (including phenoxy) is 1. The molecule has 0 amide bonds. The SMILES string of the molecule is CC(C)(C)OC(=O)n1cc(I)cc1-c1ccccc1. The number of benzene rings is 1. The van der Waals surface area contributed by atoms with Crippen LogP contribution in [-0.4, -0.2) is 16.3 Å². The molecule has 0 spiro atoms. The molecular formula is C15H16INO2. The minimum atomic E-state index is -0.499. The van der Waals surface area contributed by atoms with Crippen LogP contribution in [0.3, 0.4) is 0 Å². The van der Waals surface area contributed by atoms with Crippen LogP contribution in [0.5, 0.6) is 0 Å². The number of nitrogens with zero attached hydrogens (tertiary/aromatic N) is 1. The molecule has 3 nitrogen and oxygen atoms in total. The van der Waals surface area contributed by atoms with Gasteiger partial charge in [0.1, 0.15) is 5.60 Å². The van der Waals surface area contributed by atoms with Gasteiger partial charge in [0.05, 0.1) is 5.69 Å². The molecule has 0 N–H and O–H groups in total. The number of hydrogen-bond acceptors (Lipinski definition) is 2. The number of hydrogen-bond donors (Lipinski definition) is 0. The molecule has 1 aromatic carbocycles. The van der Waals surface area contributed by atoms with E-state index >= 15 is 0 Å². The van der Waals surface area contributed by atoms with Gasteiger partial charge in [-0.15, -0.1) is 0 Å². The van der Waals surface area contributed by atoms with Gasteiger partial charge >= 0.3 is 6.09 Å². The molecular weight excluding hydrogens is 353 g/mol. The molecule has 0 aliphatic heterocycles. The molecule has 0 fully saturated rings. The Balaban J connectivity index is 2.40. The zero-order chi connectivity index (χ0) is 14.0. The lowest BCUT2D eigenvalue weighted by Crippen LogP contribution is -2.27. The third kappa shape index (κ3) is 3.59. The fourth-order valence-electron chi connectivity index (χ4n) is 1.72. The van der Waals surface area contributed by atoms with E-state index < -0.39 is 5.60 Å². The molecule has 4 heteroatoms. The van der Waals surface area contributed by atoms with Gasteiger partial charge < -0.3 is 4.74 Å². The van der Waals surface area contributed by atoms with Gasteiger partial charge in [-0.25, -0.2) is 4.79 Å². The monoisotopic (exact) mass is 369 g/mol. The molecule has 1 heterocycles. The first-order valence-electron chi connectivity index (χ1n) is 6.03. The highest BCUT2D eigenvalue weighted by molar-refractivity contribution is 14.1. The summed E-state index contributed by atoms with van der Waals surface area (Å²) >= 11 is 2.20. The summed E-state index contributed by atoms with van der Waals surface area (Å²) in [7, 11) is 0. The average Bonchev–Trinajstić information content (AvgIpc) is 2.70. The Kier molecular flexibility index (Phi) is 3.99. The maximum absolute atomic E-state index is 12.2. The maximum atomic E-state index is 12.2. The van der Waals surface area contributed by atoms with Gasteiger partial charge in [-0.05, 0) is 55.0 Å². The first kappa shape index (κ1) is 14.1. The molecule has 0 unspecified atom stereocenters. The van der Waals surface area contributed by atoms with Crippen LogP contribution in [0, 0.1) is 3.57 Å². The van der Waals surface area contributed by atoms with Crippen molar-refractivity contribution in [1.29, 1.82) is 0 Å². The lowest BCUT2D eigenvalue weighted by molar-refractivity contribution is 0.0540. The zero-order valence-corrected chi connectivity index (χ0v) is 13.3. The summed E-state index contributed by atoms with van der Waals surface area (Å²) in [4.78, 5) is 12.2. The topological polar surface area (TPSA) is 31.2 Å². The summed E-state index contributed by atoms with van der Waals surface area (Å²) in [6, 6.07) is 11.8. The van der Waals surface area contributed by atoms with Crippen LogP contribution in [0.15, 0.2) is 42.6 Å². The molecule has 0 saturated carbocycles. The van der Waals surface area contributed by atoms with E-state index in [0.717, 1.165) is 14.8 Å². The number of halogens is 1. The van der Waals surface area contributed by atoms with Crippen LogP contribution in [0.25, 0.3) is 11.3 Å². The van der Waals surface area contributed by atoms with Crippen molar-refractivity contribution in [3.63, 3.8) is 0 Å². The standard InChI is InChI=1S/C15H16INO2/c1-15(2,3)19-14(18)17-10-12(16)9-13(17)11-7-5-4-6-8-11/h4-10H,1-3H3. The van der Waals surface area contributed by atoms with Crippen molar-refractivity contribution >= 4 is 28.7 Å². The molecule has 0 aliphatic rings. The summed E-state index contributed by atoms with van der Waals surface area (Å²) in [6.45, 7) is 5.59. The molecule has 0 bridgehead atoms. The van der Waals surface area contributed by atoms with Gasteiger partial charge in [0, 0.05) is 9.77 Å². The summed E-state index contributed by atoms with van der Waals surface area (Å²) in [6.07, 6.45) is 1.44. The van der Waals surface area contributed by atoms with E-state index in [9.17, 15) is 4.79 Å². The predicted octanol–water partition coefficient (Wildman–Crippen LogP) is 4.54. The third-order valence-electron chi connectivity index (χ3n) is 2.45. The maximum Gasteiger partial charge on any atom is 0.419 e. The lowest BCUT2D eigenvalue weighted by atomic mass is 10.1. The van der Waals surface area contributed by atoms with Crippen molar-refractivity contribution in [2.24, 2.45) is 0 Å². The van der Waals surface area contributed by atoms with Crippen molar-refractivity contribution < 1.29 is 9.53 Å². The average molecular weight is 369 g/mol. The van der Waals surface area contributed by atoms with Crippen molar-refractivity contribution in [3.8, 4) is 11.3 Å². The molecule has 19 heavy (non-hydrogen) atoms. The Morgan fingerprint density at radius 3 is 2.42 bits per heavy atom. The van der Waals surface area contributed by atoms with Crippen molar-refractivity contribution in [2.75, 3.05) is 0 Å². The Hall–Kier alpha value is -1.30. The van der Waals surface area contributed by atoms with E-state index in [1.807, 2.05) is 57.2 Å². The smallest absolute Gasteiger partial charge is 0.419 e. The summed E-state index contributed by atoms with van der Waals surface area (Å²) in [5.41, 5.74) is 1.34. The second kappa shape index (κ2) is 5.36. The first-order chi connectivity index (χ1) is 8.87. The summed E-state index contributed by atoms with van der Waals surface area (Å²) in [5.74, 6) is 0. The zero-order valence-electron chi connectivity index (χ0n) is 11.2. The van der Waals surface area contributed by atoms with E-state index in [4.69, 9.17) is 4.74 Å². The second-order valence-electron chi connectivity index (χ2n) is 5.26. The van der Waals surface area contributed by atoms with E-state index in [1.54, 1.807) is 10.8 Å².